The Hall–Kier alpha value is -1.54. The van der Waals surface area contributed by atoms with E-state index in [0.717, 1.165) is 41.1 Å². The highest BCUT2D eigenvalue weighted by Crippen LogP contribution is 2.38. The third kappa shape index (κ3) is 2.27. The van der Waals surface area contributed by atoms with Crippen LogP contribution in [-0.2, 0) is 23.0 Å². The number of aromatic nitrogens is 2. The molecule has 0 bridgehead atoms. The van der Waals surface area contributed by atoms with E-state index in [9.17, 15) is 8.42 Å². The minimum Gasteiger partial charge on any atom is -0.371 e. The Morgan fingerprint density at radius 3 is 2.83 bits per heavy atom. The largest absolute Gasteiger partial charge is 0.371 e. The van der Waals surface area contributed by atoms with Crippen LogP contribution in [0.1, 0.15) is 12.2 Å². The summed E-state index contributed by atoms with van der Waals surface area (Å²) in [4.78, 5) is 6.36. The van der Waals surface area contributed by atoms with E-state index < -0.39 is 10.0 Å². The molecule has 0 spiro atoms. The second-order valence-corrected chi connectivity index (χ2v) is 8.62. The van der Waals surface area contributed by atoms with Crippen LogP contribution in [0.25, 0.3) is 0 Å². The first-order valence-corrected chi connectivity index (χ1v) is 9.79. The number of sulfonamides is 1. The lowest BCUT2D eigenvalue weighted by Crippen LogP contribution is -2.43. The fourth-order valence-electron chi connectivity index (χ4n) is 3.29. The van der Waals surface area contributed by atoms with Crippen molar-refractivity contribution >= 4 is 37.3 Å². The maximum absolute atomic E-state index is 13.2. The number of nitrogens with zero attached hydrogens (tertiary/aromatic N) is 4. The summed E-state index contributed by atoms with van der Waals surface area (Å²) in [5, 5.41) is 0.309. The Kier molecular flexibility index (Phi) is 3.42. The molecule has 23 heavy (non-hydrogen) atoms. The molecule has 2 aliphatic heterocycles. The average Bonchev–Trinajstić information content (AvgIpc) is 3.10. The molecule has 0 N–H and O–H groups in total. The molecule has 0 aliphatic carbocycles. The van der Waals surface area contributed by atoms with Crippen LogP contribution in [0.5, 0.6) is 0 Å². The lowest BCUT2D eigenvalue weighted by molar-refractivity contribution is 0.572. The van der Waals surface area contributed by atoms with E-state index in [2.05, 4.69) is 25.8 Å². The van der Waals surface area contributed by atoms with Gasteiger partial charge in [0.15, 0.2) is 5.03 Å². The molecule has 0 unspecified atom stereocenters. The van der Waals surface area contributed by atoms with E-state index in [0.29, 0.717) is 18.1 Å². The molecule has 0 radical (unpaired) electrons. The quantitative estimate of drug-likeness (QED) is 0.780. The van der Waals surface area contributed by atoms with Gasteiger partial charge in [-0.25, -0.2) is 4.98 Å². The molecule has 3 heterocycles. The second kappa shape index (κ2) is 5.24. The summed E-state index contributed by atoms with van der Waals surface area (Å²) >= 11 is 3.46. The van der Waals surface area contributed by atoms with Crippen LogP contribution in [0, 0.1) is 0 Å². The molecule has 2 aromatic rings. The maximum atomic E-state index is 13.2. The normalized spacial score (nSPS) is 17.3. The van der Waals surface area contributed by atoms with Gasteiger partial charge in [0.2, 0.25) is 0 Å². The molecule has 6 nitrogen and oxygen atoms in total. The summed E-state index contributed by atoms with van der Waals surface area (Å²) < 4.78 is 30.7. The maximum Gasteiger partial charge on any atom is 0.281 e. The number of rotatable bonds is 2. The highest BCUT2D eigenvalue weighted by Gasteiger charge is 2.34. The Bertz CT molecular complexity index is 878. The Morgan fingerprint density at radius 1 is 1.17 bits per heavy atom. The zero-order valence-corrected chi connectivity index (χ0v) is 15.1. The molecule has 1 aromatic carbocycles. The first kappa shape index (κ1) is 15.0. The predicted octanol–water partition coefficient (Wildman–Crippen LogP) is 2.24. The van der Waals surface area contributed by atoms with Crippen molar-refractivity contribution in [3.8, 4) is 0 Å². The van der Waals surface area contributed by atoms with Gasteiger partial charge in [-0.1, -0.05) is 15.9 Å². The zero-order chi connectivity index (χ0) is 16.2. The summed E-state index contributed by atoms with van der Waals surface area (Å²) in [6.07, 6.45) is 3.31. The van der Waals surface area contributed by atoms with Crippen molar-refractivity contribution in [2.24, 2.45) is 0 Å². The number of anilines is 2. The van der Waals surface area contributed by atoms with Crippen molar-refractivity contribution in [2.45, 2.75) is 24.4 Å². The van der Waals surface area contributed by atoms with E-state index in [-0.39, 0.29) is 0 Å². The van der Waals surface area contributed by atoms with Crippen molar-refractivity contribution in [3.63, 3.8) is 0 Å². The summed E-state index contributed by atoms with van der Waals surface area (Å²) in [7, 11) is -1.62. The van der Waals surface area contributed by atoms with Gasteiger partial charge in [-0.05, 0) is 24.6 Å². The summed E-state index contributed by atoms with van der Waals surface area (Å²) in [5.41, 5.74) is 1.63. The molecule has 8 heteroatoms. The molecule has 0 amide bonds. The Balaban J connectivity index is 1.83. The molecule has 0 fully saturated rings. The zero-order valence-electron chi connectivity index (χ0n) is 12.7. The smallest absolute Gasteiger partial charge is 0.281 e. The molecular formula is C15H17BrN4O2S. The number of hydrogen-bond acceptors (Lipinski definition) is 4. The molecular weight excluding hydrogens is 380 g/mol. The Morgan fingerprint density at radius 2 is 2.00 bits per heavy atom. The fourth-order valence-corrected chi connectivity index (χ4v) is 5.26. The lowest BCUT2D eigenvalue weighted by atomic mass is 10.2. The van der Waals surface area contributed by atoms with E-state index in [1.807, 2.05) is 29.8 Å². The number of halogens is 1. The predicted molar refractivity (Wildman–Crippen MR) is 92.5 cm³/mol. The van der Waals surface area contributed by atoms with Gasteiger partial charge in [-0.3, -0.25) is 4.31 Å². The first-order valence-electron chi connectivity index (χ1n) is 7.56. The highest BCUT2D eigenvalue weighted by molar-refractivity contribution is 9.10. The molecule has 0 saturated heterocycles. The monoisotopic (exact) mass is 396 g/mol. The van der Waals surface area contributed by atoms with Crippen LogP contribution in [0.3, 0.4) is 0 Å². The van der Waals surface area contributed by atoms with Gasteiger partial charge in [0.05, 0.1) is 24.1 Å². The number of hydrogen-bond donors (Lipinski definition) is 0. The van der Waals surface area contributed by atoms with Crippen LogP contribution in [0.15, 0.2) is 33.9 Å². The topological polar surface area (TPSA) is 58.4 Å². The highest BCUT2D eigenvalue weighted by atomic mass is 79.9. The van der Waals surface area contributed by atoms with Gasteiger partial charge in [0, 0.05) is 31.0 Å². The van der Waals surface area contributed by atoms with Crippen LogP contribution in [-0.4, -0.2) is 38.1 Å². The van der Waals surface area contributed by atoms with Gasteiger partial charge in [-0.15, -0.1) is 0 Å². The van der Waals surface area contributed by atoms with Crippen molar-refractivity contribution in [1.29, 1.82) is 0 Å². The van der Waals surface area contributed by atoms with Gasteiger partial charge in [-0.2, -0.15) is 8.42 Å². The van der Waals surface area contributed by atoms with E-state index in [1.54, 1.807) is 0 Å². The van der Waals surface area contributed by atoms with E-state index in [1.165, 1.54) is 10.5 Å². The molecule has 4 rings (SSSR count). The van der Waals surface area contributed by atoms with Crippen LogP contribution in [0.2, 0.25) is 0 Å². The van der Waals surface area contributed by atoms with E-state index >= 15 is 0 Å². The SMILES string of the molecule is CN1CCN(S(=O)(=O)c2cnc3n2CCC3)c2ccc(Br)cc21. The minimum absolute atomic E-state index is 0.309. The third-order valence-corrected chi connectivity index (χ3v) is 6.80. The fraction of sp³-hybridized carbons (Fsp3) is 0.400. The van der Waals surface area contributed by atoms with Crippen molar-refractivity contribution in [3.05, 3.63) is 34.7 Å². The number of benzene rings is 1. The van der Waals surface area contributed by atoms with Gasteiger partial charge in [0.1, 0.15) is 5.82 Å². The van der Waals surface area contributed by atoms with Crippen LogP contribution >= 0.6 is 15.9 Å². The third-order valence-electron chi connectivity index (χ3n) is 4.49. The number of likely N-dealkylation sites (N-methyl/N-ethyl adjacent to an activating group) is 1. The van der Waals surface area contributed by atoms with Crippen molar-refractivity contribution < 1.29 is 8.42 Å². The number of fused-ring (bicyclic) bond motifs is 2. The lowest BCUT2D eigenvalue weighted by Gasteiger charge is -2.36. The average molecular weight is 397 g/mol. The molecule has 2 aliphatic rings. The molecule has 122 valence electrons. The number of imidazole rings is 1. The van der Waals surface area contributed by atoms with Crippen molar-refractivity contribution in [2.75, 3.05) is 29.3 Å². The molecule has 0 saturated carbocycles. The second-order valence-electron chi connectivity index (χ2n) is 5.90. The minimum atomic E-state index is -3.60. The van der Waals surface area contributed by atoms with Crippen LogP contribution in [0.4, 0.5) is 11.4 Å². The summed E-state index contributed by atoms with van der Waals surface area (Å²) in [5.74, 6) is 0.869. The summed E-state index contributed by atoms with van der Waals surface area (Å²) in [6.45, 7) is 1.82. The van der Waals surface area contributed by atoms with Gasteiger partial charge >= 0.3 is 0 Å². The first-order chi connectivity index (χ1) is 11.0. The van der Waals surface area contributed by atoms with Gasteiger partial charge in [0.25, 0.3) is 10.0 Å². The van der Waals surface area contributed by atoms with Gasteiger partial charge < -0.3 is 9.47 Å². The number of aryl methyl sites for hydroxylation is 1. The van der Waals surface area contributed by atoms with E-state index in [4.69, 9.17) is 0 Å². The Labute approximate surface area is 143 Å². The van der Waals surface area contributed by atoms with Crippen LogP contribution < -0.4 is 9.21 Å². The molecule has 0 atom stereocenters. The summed E-state index contributed by atoms with van der Waals surface area (Å²) in [6, 6.07) is 5.69. The standard InChI is InChI=1S/C15H17BrN4O2S/c1-18-7-8-20(12-5-4-11(16)9-13(12)18)23(21,22)15-10-17-14-3-2-6-19(14)15/h4-5,9-10H,2-3,6-8H2,1H3. The van der Waals surface area contributed by atoms with Crippen molar-refractivity contribution in [1.82, 2.24) is 9.55 Å². The molecule has 1 aromatic heterocycles.